The van der Waals surface area contributed by atoms with Crippen molar-refractivity contribution in [1.29, 1.82) is 0 Å². The van der Waals surface area contributed by atoms with Crippen LogP contribution in [0, 0.1) is 11.3 Å². The zero-order valence-corrected chi connectivity index (χ0v) is 14.4. The van der Waals surface area contributed by atoms with Crippen molar-refractivity contribution in [3.05, 3.63) is 11.8 Å². The van der Waals surface area contributed by atoms with Gasteiger partial charge in [-0.3, -0.25) is 0 Å². The highest BCUT2D eigenvalue weighted by Gasteiger charge is 2.09. The van der Waals surface area contributed by atoms with Crippen LogP contribution in [0.15, 0.2) is 11.8 Å². The van der Waals surface area contributed by atoms with Gasteiger partial charge in [0.2, 0.25) is 0 Å². The van der Waals surface area contributed by atoms with Crippen LogP contribution >= 0.6 is 0 Å². The van der Waals surface area contributed by atoms with E-state index in [2.05, 4.69) is 59.7 Å². The summed E-state index contributed by atoms with van der Waals surface area (Å²) in [5, 5.41) is 0. The second-order valence-corrected chi connectivity index (χ2v) is 6.72. The van der Waals surface area contributed by atoms with Crippen molar-refractivity contribution in [2.24, 2.45) is 11.3 Å². The first-order chi connectivity index (χ1) is 8.20. The van der Waals surface area contributed by atoms with Gasteiger partial charge in [0.05, 0.1) is 0 Å². The summed E-state index contributed by atoms with van der Waals surface area (Å²) >= 11 is 0. The molecular formula is C17H37N. The Kier molecular flexibility index (Phi) is 11.5. The summed E-state index contributed by atoms with van der Waals surface area (Å²) in [6.45, 7) is 18.9. The van der Waals surface area contributed by atoms with Gasteiger partial charge in [0.15, 0.2) is 0 Å². The van der Waals surface area contributed by atoms with Crippen molar-refractivity contribution in [2.75, 3.05) is 13.6 Å². The summed E-state index contributed by atoms with van der Waals surface area (Å²) in [6, 6.07) is 0. The van der Waals surface area contributed by atoms with Crippen LogP contribution in [0.4, 0.5) is 0 Å². The van der Waals surface area contributed by atoms with Gasteiger partial charge in [-0.15, -0.1) is 0 Å². The third-order valence-electron chi connectivity index (χ3n) is 2.61. The molecule has 0 rings (SSSR count). The van der Waals surface area contributed by atoms with Gasteiger partial charge in [-0.05, 0) is 43.7 Å². The molecule has 0 spiro atoms. The van der Waals surface area contributed by atoms with Crippen LogP contribution in [0.1, 0.15) is 74.7 Å². The molecule has 18 heavy (non-hydrogen) atoms. The van der Waals surface area contributed by atoms with E-state index in [9.17, 15) is 0 Å². The van der Waals surface area contributed by atoms with E-state index < -0.39 is 0 Å². The Morgan fingerprint density at radius 2 is 1.67 bits per heavy atom. The van der Waals surface area contributed by atoms with Crippen LogP contribution in [0.5, 0.6) is 0 Å². The van der Waals surface area contributed by atoms with E-state index in [4.69, 9.17) is 0 Å². The van der Waals surface area contributed by atoms with E-state index in [1.807, 2.05) is 13.8 Å². The van der Waals surface area contributed by atoms with Crippen LogP contribution < -0.4 is 0 Å². The standard InChI is InChI=1S/C15H31N.C2H6/c1-13(2)11-14(3)12-16(7)10-8-9-15(4,5)6;1-2/h12-13H,8-11H2,1-7H3;1-2H3/b14-12+;. The van der Waals surface area contributed by atoms with Crippen LogP contribution in [-0.2, 0) is 0 Å². The molecule has 0 saturated carbocycles. The maximum atomic E-state index is 2.34. The summed E-state index contributed by atoms with van der Waals surface area (Å²) in [6.07, 6.45) is 6.10. The fourth-order valence-electron chi connectivity index (χ4n) is 2.00. The number of nitrogens with zero attached hydrogens (tertiary/aromatic N) is 1. The molecule has 0 fully saturated rings. The Morgan fingerprint density at radius 1 is 1.17 bits per heavy atom. The third kappa shape index (κ3) is 15.5. The molecule has 0 aliphatic carbocycles. The molecule has 0 aromatic rings. The van der Waals surface area contributed by atoms with E-state index >= 15 is 0 Å². The fraction of sp³-hybridized carbons (Fsp3) is 0.882. The average Bonchev–Trinajstić information content (AvgIpc) is 2.16. The molecule has 0 atom stereocenters. The number of hydrogen-bond acceptors (Lipinski definition) is 1. The van der Waals surface area contributed by atoms with E-state index in [1.54, 1.807) is 0 Å². The normalized spacial score (nSPS) is 12.2. The molecule has 1 nitrogen and oxygen atoms in total. The molecule has 110 valence electrons. The first-order valence-corrected chi connectivity index (χ1v) is 7.58. The molecule has 0 aliphatic rings. The lowest BCUT2D eigenvalue weighted by molar-refractivity contribution is 0.331. The van der Waals surface area contributed by atoms with Crippen LogP contribution in [0.25, 0.3) is 0 Å². The fourth-order valence-corrected chi connectivity index (χ4v) is 2.00. The van der Waals surface area contributed by atoms with Crippen molar-refractivity contribution in [3.63, 3.8) is 0 Å². The summed E-state index contributed by atoms with van der Waals surface area (Å²) < 4.78 is 0. The van der Waals surface area contributed by atoms with Crippen molar-refractivity contribution in [1.82, 2.24) is 4.90 Å². The lowest BCUT2D eigenvalue weighted by atomic mass is 9.90. The molecule has 0 bridgehead atoms. The SMILES string of the molecule is C/C(=C\N(C)CCCC(C)(C)C)CC(C)C.CC. The maximum absolute atomic E-state index is 2.34. The molecule has 0 radical (unpaired) electrons. The minimum atomic E-state index is 0.470. The molecule has 0 aromatic heterocycles. The molecule has 0 aliphatic heterocycles. The summed E-state index contributed by atoms with van der Waals surface area (Å²) in [4.78, 5) is 2.34. The van der Waals surface area contributed by atoms with E-state index in [1.165, 1.54) is 31.4 Å². The molecule has 0 aromatic carbocycles. The summed E-state index contributed by atoms with van der Waals surface area (Å²) in [5.74, 6) is 0.763. The van der Waals surface area contributed by atoms with Crippen molar-refractivity contribution in [3.8, 4) is 0 Å². The minimum Gasteiger partial charge on any atom is -0.380 e. The Hall–Kier alpha value is -0.460. The monoisotopic (exact) mass is 255 g/mol. The second-order valence-electron chi connectivity index (χ2n) is 6.72. The lowest BCUT2D eigenvalue weighted by Gasteiger charge is -2.21. The molecule has 0 saturated heterocycles. The van der Waals surface area contributed by atoms with E-state index in [0.29, 0.717) is 5.41 Å². The molecule has 0 N–H and O–H groups in total. The number of rotatable bonds is 6. The Labute approximate surface area is 117 Å². The van der Waals surface area contributed by atoms with Gasteiger partial charge in [0.25, 0.3) is 0 Å². The van der Waals surface area contributed by atoms with E-state index in [0.717, 1.165) is 5.92 Å². The highest BCUT2D eigenvalue weighted by Crippen LogP contribution is 2.20. The lowest BCUT2D eigenvalue weighted by Crippen LogP contribution is -2.16. The van der Waals surface area contributed by atoms with E-state index in [-0.39, 0.29) is 0 Å². The highest BCUT2D eigenvalue weighted by molar-refractivity contribution is 4.97. The average molecular weight is 255 g/mol. The highest BCUT2D eigenvalue weighted by atomic mass is 15.1. The molecule has 0 heterocycles. The van der Waals surface area contributed by atoms with Crippen LogP contribution in [0.2, 0.25) is 0 Å². The second kappa shape index (κ2) is 10.5. The molecule has 0 unspecified atom stereocenters. The number of hydrogen-bond donors (Lipinski definition) is 0. The van der Waals surface area contributed by atoms with Crippen molar-refractivity contribution < 1.29 is 0 Å². The summed E-state index contributed by atoms with van der Waals surface area (Å²) in [5.41, 5.74) is 1.96. The molecular weight excluding hydrogens is 218 g/mol. The first kappa shape index (κ1) is 19.9. The van der Waals surface area contributed by atoms with Gasteiger partial charge in [0.1, 0.15) is 0 Å². The van der Waals surface area contributed by atoms with Gasteiger partial charge in [-0.2, -0.15) is 0 Å². The maximum Gasteiger partial charge on any atom is 0.0169 e. The predicted octanol–water partition coefficient (Wildman–Crippen LogP) is 5.72. The summed E-state index contributed by atoms with van der Waals surface area (Å²) in [7, 11) is 2.19. The Bertz CT molecular complexity index is 208. The van der Waals surface area contributed by atoms with Crippen molar-refractivity contribution >= 4 is 0 Å². The predicted molar refractivity (Wildman–Crippen MR) is 85.9 cm³/mol. The smallest absolute Gasteiger partial charge is 0.0169 e. The molecule has 1 heteroatoms. The quantitative estimate of drug-likeness (QED) is 0.586. The first-order valence-electron chi connectivity index (χ1n) is 7.58. The zero-order chi connectivity index (χ0) is 14.8. The minimum absolute atomic E-state index is 0.470. The zero-order valence-electron chi connectivity index (χ0n) is 14.4. The largest absolute Gasteiger partial charge is 0.380 e. The van der Waals surface area contributed by atoms with Crippen molar-refractivity contribution in [2.45, 2.75) is 74.7 Å². The number of allylic oxidation sites excluding steroid dienone is 1. The Morgan fingerprint density at radius 3 is 2.06 bits per heavy atom. The van der Waals surface area contributed by atoms with Gasteiger partial charge in [-0.25, -0.2) is 0 Å². The third-order valence-corrected chi connectivity index (χ3v) is 2.61. The Balaban J connectivity index is 0. The topological polar surface area (TPSA) is 3.24 Å². The van der Waals surface area contributed by atoms with Gasteiger partial charge in [-0.1, -0.05) is 54.0 Å². The van der Waals surface area contributed by atoms with Gasteiger partial charge in [0, 0.05) is 13.6 Å². The molecule has 0 amide bonds. The van der Waals surface area contributed by atoms with Crippen LogP contribution in [-0.4, -0.2) is 18.5 Å². The van der Waals surface area contributed by atoms with Gasteiger partial charge >= 0.3 is 0 Å². The van der Waals surface area contributed by atoms with Gasteiger partial charge < -0.3 is 4.90 Å². The van der Waals surface area contributed by atoms with Crippen LogP contribution in [0.3, 0.4) is 0 Å².